The van der Waals surface area contributed by atoms with Gasteiger partial charge in [-0.3, -0.25) is 0 Å². The molecule has 21 heavy (non-hydrogen) atoms. The van der Waals surface area contributed by atoms with Crippen molar-refractivity contribution < 1.29 is 0 Å². The van der Waals surface area contributed by atoms with Crippen molar-refractivity contribution >= 4 is 11.5 Å². The maximum Gasteiger partial charge on any atom is 0.165 e. The zero-order chi connectivity index (χ0) is 14.1. The molecule has 0 amide bonds. The van der Waals surface area contributed by atoms with Gasteiger partial charge in [0.1, 0.15) is 12.1 Å². The lowest BCUT2D eigenvalue weighted by Gasteiger charge is -2.28. The molecule has 1 fully saturated rings. The maximum atomic E-state index is 4.78. The average Bonchev–Trinajstić information content (AvgIpc) is 2.99. The van der Waals surface area contributed by atoms with E-state index in [0.717, 1.165) is 48.8 Å². The van der Waals surface area contributed by atoms with Crippen LogP contribution in [0.25, 0.3) is 16.8 Å². The molecule has 0 radical (unpaired) electrons. The molecule has 0 bridgehead atoms. The fourth-order valence-electron chi connectivity index (χ4n) is 2.57. The van der Waals surface area contributed by atoms with Gasteiger partial charge in [0, 0.05) is 55.9 Å². The van der Waals surface area contributed by atoms with Crippen molar-refractivity contribution in [1.82, 2.24) is 29.9 Å². The van der Waals surface area contributed by atoms with E-state index in [1.165, 1.54) is 6.33 Å². The number of nitrogens with one attached hydrogen (secondary N) is 1. The van der Waals surface area contributed by atoms with Crippen LogP contribution in [-0.2, 0) is 0 Å². The van der Waals surface area contributed by atoms with Crippen LogP contribution in [0, 0.1) is 0 Å². The van der Waals surface area contributed by atoms with Crippen LogP contribution in [-0.4, -0.2) is 50.7 Å². The molecule has 0 atom stereocenters. The van der Waals surface area contributed by atoms with Crippen LogP contribution in [0.4, 0.5) is 5.82 Å². The SMILES string of the molecule is c1ncc(-c2cnn3ccc(N4CCNCC4)nc23)cn1. The molecule has 1 N–H and O–H groups in total. The summed E-state index contributed by atoms with van der Waals surface area (Å²) < 4.78 is 1.79. The van der Waals surface area contributed by atoms with Crippen LogP contribution < -0.4 is 10.2 Å². The summed E-state index contributed by atoms with van der Waals surface area (Å²) in [7, 11) is 0. The van der Waals surface area contributed by atoms with Crippen LogP contribution in [0.1, 0.15) is 0 Å². The first-order valence-corrected chi connectivity index (χ1v) is 6.97. The molecule has 7 nitrogen and oxygen atoms in total. The Hall–Kier alpha value is -2.54. The highest BCUT2D eigenvalue weighted by Crippen LogP contribution is 2.23. The zero-order valence-electron chi connectivity index (χ0n) is 11.5. The molecule has 0 saturated carbocycles. The van der Waals surface area contributed by atoms with E-state index in [0.29, 0.717) is 0 Å². The Morgan fingerprint density at radius 1 is 1.05 bits per heavy atom. The lowest BCUT2D eigenvalue weighted by atomic mass is 10.2. The summed E-state index contributed by atoms with van der Waals surface area (Å²) in [4.78, 5) is 15.2. The van der Waals surface area contributed by atoms with Gasteiger partial charge < -0.3 is 10.2 Å². The molecule has 4 heterocycles. The molecule has 0 aliphatic carbocycles. The fourth-order valence-corrected chi connectivity index (χ4v) is 2.57. The van der Waals surface area contributed by atoms with Gasteiger partial charge >= 0.3 is 0 Å². The van der Waals surface area contributed by atoms with Crippen molar-refractivity contribution in [2.45, 2.75) is 0 Å². The molecule has 1 saturated heterocycles. The molecule has 1 aliphatic rings. The smallest absolute Gasteiger partial charge is 0.165 e. The number of hydrogen-bond donors (Lipinski definition) is 1. The second-order valence-corrected chi connectivity index (χ2v) is 4.98. The highest BCUT2D eigenvalue weighted by molar-refractivity contribution is 5.76. The van der Waals surface area contributed by atoms with E-state index < -0.39 is 0 Å². The molecule has 106 valence electrons. The Morgan fingerprint density at radius 2 is 1.86 bits per heavy atom. The van der Waals surface area contributed by atoms with E-state index in [2.05, 4.69) is 25.3 Å². The lowest BCUT2D eigenvalue weighted by molar-refractivity contribution is 0.585. The first kappa shape index (κ1) is 12.2. The summed E-state index contributed by atoms with van der Waals surface area (Å²) in [6, 6.07) is 2.01. The second kappa shape index (κ2) is 5.10. The van der Waals surface area contributed by atoms with E-state index in [1.807, 2.05) is 18.5 Å². The van der Waals surface area contributed by atoms with Crippen LogP contribution in [0.5, 0.6) is 0 Å². The minimum atomic E-state index is 0.834. The van der Waals surface area contributed by atoms with Crippen molar-refractivity contribution in [3.63, 3.8) is 0 Å². The highest BCUT2D eigenvalue weighted by Gasteiger charge is 2.14. The number of fused-ring (bicyclic) bond motifs is 1. The third-order valence-electron chi connectivity index (χ3n) is 3.67. The van der Waals surface area contributed by atoms with Crippen molar-refractivity contribution in [3.05, 3.63) is 37.2 Å². The summed E-state index contributed by atoms with van der Waals surface area (Å²) in [5, 5.41) is 7.70. The van der Waals surface area contributed by atoms with Gasteiger partial charge in [0.2, 0.25) is 0 Å². The summed E-state index contributed by atoms with van der Waals surface area (Å²) in [5.74, 6) is 0.989. The maximum absolute atomic E-state index is 4.78. The Balaban J connectivity index is 1.79. The number of nitrogens with zero attached hydrogens (tertiary/aromatic N) is 6. The van der Waals surface area contributed by atoms with Gasteiger partial charge in [-0.25, -0.2) is 19.5 Å². The standard InChI is InChI=1S/C14H15N7/c1-4-21-14(19-13(1)20-5-2-15-3-6-20)12(9-18-21)11-7-16-10-17-8-11/h1,4,7-10,15H,2-3,5-6H2. The fraction of sp³-hybridized carbons (Fsp3) is 0.286. The molecule has 0 unspecified atom stereocenters. The van der Waals surface area contributed by atoms with Crippen LogP contribution in [0.2, 0.25) is 0 Å². The number of piperazine rings is 1. The van der Waals surface area contributed by atoms with Crippen molar-refractivity contribution in [2.75, 3.05) is 31.1 Å². The molecule has 0 spiro atoms. The third-order valence-corrected chi connectivity index (χ3v) is 3.67. The van der Waals surface area contributed by atoms with E-state index >= 15 is 0 Å². The lowest BCUT2D eigenvalue weighted by Crippen LogP contribution is -2.43. The summed E-state index contributed by atoms with van der Waals surface area (Å²) >= 11 is 0. The number of rotatable bonds is 2. The van der Waals surface area contributed by atoms with Gasteiger partial charge in [-0.15, -0.1) is 0 Å². The monoisotopic (exact) mass is 281 g/mol. The van der Waals surface area contributed by atoms with Crippen LogP contribution in [0.15, 0.2) is 37.2 Å². The van der Waals surface area contributed by atoms with Gasteiger partial charge in [0.25, 0.3) is 0 Å². The van der Waals surface area contributed by atoms with Crippen molar-refractivity contribution in [1.29, 1.82) is 0 Å². The summed E-state index contributed by atoms with van der Waals surface area (Å²) in [6.07, 6.45) is 8.84. The predicted molar refractivity (Wildman–Crippen MR) is 79.1 cm³/mol. The molecular formula is C14H15N7. The zero-order valence-corrected chi connectivity index (χ0v) is 11.5. The highest BCUT2D eigenvalue weighted by atomic mass is 15.3. The van der Waals surface area contributed by atoms with Crippen LogP contribution in [0.3, 0.4) is 0 Å². The van der Waals surface area contributed by atoms with Crippen molar-refractivity contribution in [2.24, 2.45) is 0 Å². The predicted octanol–water partition coefficient (Wildman–Crippen LogP) is 0.596. The molecule has 7 heteroatoms. The third kappa shape index (κ3) is 2.21. The Kier molecular flexibility index (Phi) is 2.97. The average molecular weight is 281 g/mol. The molecule has 3 aromatic heterocycles. The summed E-state index contributed by atoms with van der Waals surface area (Å²) in [6.45, 7) is 3.93. The summed E-state index contributed by atoms with van der Waals surface area (Å²) in [5.41, 5.74) is 2.71. The number of anilines is 1. The Morgan fingerprint density at radius 3 is 2.67 bits per heavy atom. The van der Waals surface area contributed by atoms with E-state index in [4.69, 9.17) is 4.98 Å². The minimum absolute atomic E-state index is 0.834. The molecule has 4 rings (SSSR count). The first-order valence-electron chi connectivity index (χ1n) is 6.97. The van der Waals surface area contributed by atoms with Gasteiger partial charge in [0.05, 0.1) is 6.20 Å². The molecule has 0 aromatic carbocycles. The minimum Gasteiger partial charge on any atom is -0.354 e. The normalized spacial score (nSPS) is 15.5. The molecule has 1 aliphatic heterocycles. The second-order valence-electron chi connectivity index (χ2n) is 4.98. The quantitative estimate of drug-likeness (QED) is 0.741. The number of hydrogen-bond acceptors (Lipinski definition) is 6. The Labute approximate surface area is 121 Å². The van der Waals surface area contributed by atoms with Gasteiger partial charge in [-0.2, -0.15) is 5.10 Å². The molecule has 3 aromatic rings. The van der Waals surface area contributed by atoms with E-state index in [1.54, 1.807) is 16.9 Å². The van der Waals surface area contributed by atoms with E-state index in [-0.39, 0.29) is 0 Å². The van der Waals surface area contributed by atoms with Gasteiger partial charge in [-0.1, -0.05) is 0 Å². The van der Waals surface area contributed by atoms with Crippen molar-refractivity contribution in [3.8, 4) is 11.1 Å². The largest absolute Gasteiger partial charge is 0.354 e. The van der Waals surface area contributed by atoms with Gasteiger partial charge in [-0.05, 0) is 6.07 Å². The van der Waals surface area contributed by atoms with Gasteiger partial charge in [0.15, 0.2) is 5.65 Å². The van der Waals surface area contributed by atoms with E-state index in [9.17, 15) is 0 Å². The Bertz CT molecular complexity index is 746. The van der Waals surface area contributed by atoms with Crippen LogP contribution >= 0.6 is 0 Å². The number of aromatic nitrogens is 5. The topological polar surface area (TPSA) is 71.2 Å². The first-order chi connectivity index (χ1) is 10.4. The molecular weight excluding hydrogens is 266 g/mol.